The van der Waals surface area contributed by atoms with E-state index in [1.165, 1.54) is 37.2 Å². The van der Waals surface area contributed by atoms with Crippen molar-refractivity contribution in [2.45, 2.75) is 45.6 Å². The van der Waals surface area contributed by atoms with Crippen LogP contribution in [0.5, 0.6) is 0 Å². The molecule has 0 bridgehead atoms. The van der Waals surface area contributed by atoms with Gasteiger partial charge in [-0.3, -0.25) is 0 Å². The summed E-state index contributed by atoms with van der Waals surface area (Å²) in [7, 11) is 0. The number of fused-ring (bicyclic) bond motifs is 1. The Morgan fingerprint density at radius 1 is 1.26 bits per heavy atom. The van der Waals surface area contributed by atoms with E-state index in [9.17, 15) is 0 Å². The number of hydrogen-bond donors (Lipinski definition) is 0. The monoisotopic (exact) mass is 257 g/mol. The van der Waals surface area contributed by atoms with Crippen molar-refractivity contribution in [2.24, 2.45) is 0 Å². The second-order valence-corrected chi connectivity index (χ2v) is 5.99. The molecule has 3 heterocycles. The number of likely N-dealkylation sites (tertiary alicyclic amines) is 1. The van der Waals surface area contributed by atoms with Crippen molar-refractivity contribution in [1.82, 2.24) is 14.3 Å². The molecule has 1 aliphatic heterocycles. The van der Waals surface area contributed by atoms with Gasteiger partial charge in [-0.2, -0.15) is 0 Å². The average Bonchev–Trinajstić information content (AvgIpc) is 2.84. The van der Waals surface area contributed by atoms with Crippen LogP contribution < -0.4 is 0 Å². The van der Waals surface area contributed by atoms with Crippen LogP contribution in [0.25, 0.3) is 5.65 Å². The van der Waals surface area contributed by atoms with Crippen molar-refractivity contribution in [3.63, 3.8) is 0 Å². The van der Waals surface area contributed by atoms with Crippen molar-refractivity contribution in [3.05, 3.63) is 35.8 Å². The molecular formula is C16H23N3. The van der Waals surface area contributed by atoms with Crippen LogP contribution in [0.15, 0.2) is 24.5 Å². The minimum absolute atomic E-state index is 0.634. The number of pyridine rings is 1. The summed E-state index contributed by atoms with van der Waals surface area (Å²) in [6, 6.07) is 4.90. The number of aromatic nitrogens is 2. The van der Waals surface area contributed by atoms with Crippen molar-refractivity contribution >= 4 is 5.65 Å². The summed E-state index contributed by atoms with van der Waals surface area (Å²) < 4.78 is 2.17. The molecule has 1 saturated heterocycles. The van der Waals surface area contributed by atoms with Crippen LogP contribution in [0, 0.1) is 6.92 Å². The van der Waals surface area contributed by atoms with Gasteiger partial charge in [-0.15, -0.1) is 0 Å². The average molecular weight is 257 g/mol. The molecule has 2 aromatic heterocycles. The van der Waals surface area contributed by atoms with Gasteiger partial charge in [-0.25, -0.2) is 4.98 Å². The molecule has 0 N–H and O–H groups in total. The van der Waals surface area contributed by atoms with Gasteiger partial charge in [-0.05, 0) is 58.3 Å². The van der Waals surface area contributed by atoms with E-state index in [1.54, 1.807) is 0 Å². The largest absolute Gasteiger partial charge is 0.307 e. The smallest absolute Gasteiger partial charge is 0.139 e. The zero-order valence-electron chi connectivity index (χ0n) is 12.1. The van der Waals surface area contributed by atoms with Gasteiger partial charge < -0.3 is 9.30 Å². The van der Waals surface area contributed by atoms with Crippen molar-refractivity contribution < 1.29 is 0 Å². The molecule has 1 aliphatic rings. The van der Waals surface area contributed by atoms with Gasteiger partial charge in [0, 0.05) is 24.4 Å². The second-order valence-electron chi connectivity index (χ2n) is 5.99. The Morgan fingerprint density at radius 2 is 2.00 bits per heavy atom. The molecule has 0 aromatic carbocycles. The SMILES string of the molecule is Cc1cccn2cc(C3CCN(C(C)C)CC3)nc12. The molecule has 1 fully saturated rings. The van der Waals surface area contributed by atoms with E-state index < -0.39 is 0 Å². The van der Waals surface area contributed by atoms with Gasteiger partial charge in [0.2, 0.25) is 0 Å². The van der Waals surface area contributed by atoms with Gasteiger partial charge in [-0.1, -0.05) is 6.07 Å². The van der Waals surface area contributed by atoms with Gasteiger partial charge in [0.25, 0.3) is 0 Å². The summed E-state index contributed by atoms with van der Waals surface area (Å²) in [5.41, 5.74) is 3.65. The summed E-state index contributed by atoms with van der Waals surface area (Å²) in [4.78, 5) is 7.42. The van der Waals surface area contributed by atoms with Crippen molar-refractivity contribution in [1.29, 1.82) is 0 Å². The van der Waals surface area contributed by atoms with E-state index in [1.807, 2.05) is 0 Å². The Labute approximate surface area is 115 Å². The predicted molar refractivity (Wildman–Crippen MR) is 78.6 cm³/mol. The zero-order chi connectivity index (χ0) is 13.4. The first kappa shape index (κ1) is 12.7. The van der Waals surface area contributed by atoms with Gasteiger partial charge in [0.15, 0.2) is 0 Å². The third-order valence-electron chi connectivity index (χ3n) is 4.37. The Morgan fingerprint density at radius 3 is 2.63 bits per heavy atom. The Kier molecular flexibility index (Phi) is 3.31. The fourth-order valence-corrected chi connectivity index (χ4v) is 3.08. The normalized spacial score (nSPS) is 18.5. The molecule has 19 heavy (non-hydrogen) atoms. The molecular weight excluding hydrogens is 234 g/mol. The molecule has 0 aliphatic carbocycles. The number of aryl methyl sites for hydroxylation is 1. The Balaban J connectivity index is 1.80. The molecule has 0 radical (unpaired) electrons. The van der Waals surface area contributed by atoms with Crippen LogP contribution in [0.3, 0.4) is 0 Å². The van der Waals surface area contributed by atoms with E-state index in [0.29, 0.717) is 12.0 Å². The number of piperidine rings is 1. The lowest BCUT2D eigenvalue weighted by atomic mass is 9.93. The maximum atomic E-state index is 4.85. The van der Waals surface area contributed by atoms with Gasteiger partial charge in [0.05, 0.1) is 5.69 Å². The fourth-order valence-electron chi connectivity index (χ4n) is 3.08. The topological polar surface area (TPSA) is 20.5 Å². The highest BCUT2D eigenvalue weighted by Gasteiger charge is 2.23. The summed E-state index contributed by atoms with van der Waals surface area (Å²) in [6.07, 6.45) is 6.79. The molecule has 0 amide bonds. The molecule has 3 heteroatoms. The van der Waals surface area contributed by atoms with E-state index in [4.69, 9.17) is 4.98 Å². The first-order chi connectivity index (χ1) is 9.15. The lowest BCUT2D eigenvalue weighted by Crippen LogP contribution is -2.37. The van der Waals surface area contributed by atoms with Crippen molar-refractivity contribution in [3.8, 4) is 0 Å². The summed E-state index contributed by atoms with van der Waals surface area (Å²) >= 11 is 0. The Bertz CT molecular complexity index is 562. The van der Waals surface area contributed by atoms with E-state index >= 15 is 0 Å². The molecule has 2 aromatic rings. The van der Waals surface area contributed by atoms with Gasteiger partial charge in [0.1, 0.15) is 5.65 Å². The molecule has 0 unspecified atom stereocenters. The molecule has 3 rings (SSSR count). The van der Waals surface area contributed by atoms with Gasteiger partial charge >= 0.3 is 0 Å². The van der Waals surface area contributed by atoms with Crippen LogP contribution in [-0.4, -0.2) is 33.4 Å². The lowest BCUT2D eigenvalue weighted by Gasteiger charge is -2.33. The van der Waals surface area contributed by atoms with E-state index in [0.717, 1.165) is 5.65 Å². The lowest BCUT2D eigenvalue weighted by molar-refractivity contribution is 0.171. The highest BCUT2D eigenvalue weighted by atomic mass is 15.1. The number of rotatable bonds is 2. The van der Waals surface area contributed by atoms with E-state index in [-0.39, 0.29) is 0 Å². The maximum Gasteiger partial charge on any atom is 0.139 e. The van der Waals surface area contributed by atoms with E-state index in [2.05, 4.69) is 54.6 Å². The molecule has 0 atom stereocenters. The minimum atomic E-state index is 0.634. The quantitative estimate of drug-likeness (QED) is 0.823. The second kappa shape index (κ2) is 4.97. The van der Waals surface area contributed by atoms with Crippen LogP contribution in [0.4, 0.5) is 0 Å². The summed E-state index contributed by atoms with van der Waals surface area (Å²) in [5, 5.41) is 0. The molecule has 0 spiro atoms. The highest BCUT2D eigenvalue weighted by Crippen LogP contribution is 2.28. The summed E-state index contributed by atoms with van der Waals surface area (Å²) in [5.74, 6) is 0.634. The third kappa shape index (κ3) is 2.39. The third-order valence-corrected chi connectivity index (χ3v) is 4.37. The maximum absolute atomic E-state index is 4.85. The van der Waals surface area contributed by atoms with Crippen LogP contribution in [-0.2, 0) is 0 Å². The van der Waals surface area contributed by atoms with Crippen LogP contribution in [0.1, 0.15) is 43.9 Å². The summed E-state index contributed by atoms with van der Waals surface area (Å²) in [6.45, 7) is 9.11. The zero-order valence-corrected chi connectivity index (χ0v) is 12.1. The molecule has 102 valence electrons. The first-order valence-corrected chi connectivity index (χ1v) is 7.33. The molecule has 0 saturated carbocycles. The Hall–Kier alpha value is -1.35. The number of imidazole rings is 1. The van der Waals surface area contributed by atoms with Crippen LogP contribution >= 0.6 is 0 Å². The molecule has 3 nitrogen and oxygen atoms in total. The number of hydrogen-bond acceptors (Lipinski definition) is 2. The van der Waals surface area contributed by atoms with Crippen LogP contribution in [0.2, 0.25) is 0 Å². The standard InChI is InChI=1S/C16H23N3/c1-12(2)18-9-6-14(7-10-18)15-11-19-8-4-5-13(3)16(19)17-15/h4-5,8,11-12,14H,6-7,9-10H2,1-3H3. The first-order valence-electron chi connectivity index (χ1n) is 7.33. The predicted octanol–water partition coefficient (Wildman–Crippen LogP) is 3.23. The number of nitrogens with zero attached hydrogens (tertiary/aromatic N) is 3. The highest BCUT2D eigenvalue weighted by molar-refractivity contribution is 5.48. The fraction of sp³-hybridized carbons (Fsp3) is 0.562. The minimum Gasteiger partial charge on any atom is -0.307 e. The van der Waals surface area contributed by atoms with Crippen molar-refractivity contribution in [2.75, 3.05) is 13.1 Å².